The van der Waals surface area contributed by atoms with E-state index in [-0.39, 0.29) is 50.5 Å². The van der Waals surface area contributed by atoms with Crippen LogP contribution in [0, 0.1) is 0 Å². The Labute approximate surface area is 393 Å². The summed E-state index contributed by atoms with van der Waals surface area (Å²) in [4.78, 5) is 133. The summed E-state index contributed by atoms with van der Waals surface area (Å²) < 4.78 is 31.5. The Kier molecular flexibility index (Phi) is 18.3. The molecule has 4 rings (SSSR count). The molecule has 6 amide bonds. The number of esters is 4. The summed E-state index contributed by atoms with van der Waals surface area (Å²) in [7, 11) is 0. The number of rotatable bonds is 17. The molecule has 2 aliphatic heterocycles. The van der Waals surface area contributed by atoms with Crippen molar-refractivity contribution in [1.29, 1.82) is 0 Å². The van der Waals surface area contributed by atoms with E-state index in [0.717, 1.165) is 9.80 Å². The molecule has 4 unspecified atom stereocenters. The Morgan fingerprint density at radius 1 is 0.529 bits per heavy atom. The number of alkyl carbamates (subject to hydrolysis) is 2. The first-order valence-corrected chi connectivity index (χ1v) is 21.7. The van der Waals surface area contributed by atoms with Gasteiger partial charge in [-0.1, -0.05) is 24.3 Å². The molecule has 4 atom stereocenters. The largest absolute Gasteiger partial charge is 0.444 e. The Morgan fingerprint density at radius 2 is 0.824 bits per heavy atom. The molecule has 0 spiro atoms. The van der Waals surface area contributed by atoms with Crippen molar-refractivity contribution in [2.45, 2.75) is 117 Å². The van der Waals surface area contributed by atoms with E-state index >= 15 is 0 Å². The van der Waals surface area contributed by atoms with Gasteiger partial charge in [0.1, 0.15) is 34.8 Å². The lowest BCUT2D eigenvalue weighted by Gasteiger charge is -2.43. The Morgan fingerprint density at radius 3 is 1.09 bits per heavy atom. The highest BCUT2D eigenvalue weighted by molar-refractivity contribution is 6.00. The van der Waals surface area contributed by atoms with Crippen LogP contribution in [0.4, 0.5) is 9.59 Å². The number of imide groups is 2. The predicted molar refractivity (Wildman–Crippen MR) is 237 cm³/mol. The smallest absolute Gasteiger partial charge is 0.408 e. The van der Waals surface area contributed by atoms with Gasteiger partial charge in [-0.05, 0) is 90.8 Å². The summed E-state index contributed by atoms with van der Waals surface area (Å²) >= 11 is 0. The highest BCUT2D eigenvalue weighted by Gasteiger charge is 2.41. The number of piperazine rings is 2. The monoisotopic (exact) mass is 952 g/mol. The molecule has 2 heterocycles. The first-order valence-electron chi connectivity index (χ1n) is 21.7. The van der Waals surface area contributed by atoms with Crippen molar-refractivity contribution in [3.8, 4) is 11.5 Å². The molecule has 2 aromatic carbocycles. The summed E-state index contributed by atoms with van der Waals surface area (Å²) in [6.45, 7) is 13.2. The van der Waals surface area contributed by atoms with E-state index in [4.69, 9.17) is 28.4 Å². The van der Waals surface area contributed by atoms with E-state index in [1.807, 2.05) is 0 Å². The number of carbonyl (C=O) groups excluding carboxylic acids is 10. The second-order valence-electron chi connectivity index (χ2n) is 18.2. The average Bonchev–Trinajstić information content (AvgIpc) is 3.21. The number of hydrogen-bond acceptors (Lipinski definition) is 18. The van der Waals surface area contributed by atoms with Crippen LogP contribution in [0.2, 0.25) is 0 Å². The van der Waals surface area contributed by atoms with Crippen molar-refractivity contribution in [3.63, 3.8) is 0 Å². The third-order valence-corrected chi connectivity index (χ3v) is 10.3. The molecule has 0 saturated carbocycles. The molecule has 2 fully saturated rings. The van der Waals surface area contributed by atoms with Crippen LogP contribution in [0.25, 0.3) is 0 Å². The standard InChI is InChI=1S/C46H60N6O16/c1-27(49-21-37(55)51(38(56)22-49)25-63-41(59)35(47-43(61)67-45(5,6)7)19-31-11-15-33(16-12-31)65-29(3)53)28(2)50-23-39(57)52(40(58)24-50)26-64-42(60)36(48-44(62)68-46(8,9)10)20-32-13-17-34(18-14-32)66-30(4)54/h11-18,27-28,35-36H,19-26H2,1-10H3,(H,47,61)(H,48,62). The maximum absolute atomic E-state index is 13.4. The molecular formula is C46H60N6O16. The minimum absolute atomic E-state index is 0.0840. The van der Waals surface area contributed by atoms with Gasteiger partial charge in [-0.15, -0.1) is 0 Å². The third-order valence-electron chi connectivity index (χ3n) is 10.3. The molecule has 0 radical (unpaired) electrons. The molecule has 22 heteroatoms. The zero-order chi connectivity index (χ0) is 50.7. The number of nitrogens with zero attached hydrogens (tertiary/aromatic N) is 4. The van der Waals surface area contributed by atoms with Gasteiger partial charge in [-0.2, -0.15) is 0 Å². The van der Waals surface area contributed by atoms with Gasteiger partial charge in [-0.3, -0.25) is 38.6 Å². The minimum atomic E-state index is -1.31. The Hall–Kier alpha value is -6.94. The van der Waals surface area contributed by atoms with Crippen LogP contribution in [0.5, 0.6) is 11.5 Å². The molecule has 0 bridgehead atoms. The highest BCUT2D eigenvalue weighted by atomic mass is 16.6. The summed E-state index contributed by atoms with van der Waals surface area (Å²) in [5.74, 6) is -5.20. The SMILES string of the molecule is CC(=O)Oc1ccc(CC(NC(=O)OC(C)(C)C)C(=O)OCN2C(=O)CN(C(C)C(C)N3CC(=O)N(COC(=O)C(Cc4ccc(OC(C)=O)cc4)NC(=O)OC(C)(C)C)C(=O)C3)CC2=O)cc1. The number of hydrogen-bond donors (Lipinski definition) is 2. The summed E-state index contributed by atoms with van der Waals surface area (Å²) in [6.07, 6.45) is -1.99. The fourth-order valence-corrected chi connectivity index (χ4v) is 6.83. The molecule has 0 aliphatic carbocycles. The van der Waals surface area contributed by atoms with Crippen LogP contribution < -0.4 is 20.1 Å². The van der Waals surface area contributed by atoms with Crippen molar-refractivity contribution in [3.05, 3.63) is 59.7 Å². The number of nitrogens with one attached hydrogen (secondary N) is 2. The van der Waals surface area contributed by atoms with E-state index in [1.165, 1.54) is 38.1 Å². The Bertz CT molecular complexity index is 2030. The van der Waals surface area contributed by atoms with Crippen LogP contribution in [0.1, 0.15) is 80.4 Å². The van der Waals surface area contributed by atoms with E-state index in [0.29, 0.717) is 11.1 Å². The number of benzene rings is 2. The fourth-order valence-electron chi connectivity index (χ4n) is 6.83. The van der Waals surface area contributed by atoms with E-state index in [1.54, 1.807) is 89.5 Å². The maximum Gasteiger partial charge on any atom is 0.408 e. The van der Waals surface area contributed by atoms with Gasteiger partial charge in [0.15, 0.2) is 13.5 Å². The topological polar surface area (TPSA) is 263 Å². The van der Waals surface area contributed by atoms with E-state index in [2.05, 4.69) is 10.6 Å². The molecule has 2 aliphatic rings. The molecule has 2 saturated heterocycles. The molecule has 22 nitrogen and oxygen atoms in total. The molecular weight excluding hydrogens is 893 g/mol. The van der Waals surface area contributed by atoms with Crippen molar-refractivity contribution >= 4 is 59.7 Å². The van der Waals surface area contributed by atoms with Crippen LogP contribution in [-0.2, 0) is 70.1 Å². The highest BCUT2D eigenvalue weighted by Crippen LogP contribution is 2.20. The maximum atomic E-state index is 13.4. The molecule has 2 N–H and O–H groups in total. The van der Waals surface area contributed by atoms with Crippen LogP contribution >= 0.6 is 0 Å². The van der Waals surface area contributed by atoms with E-state index in [9.17, 15) is 47.9 Å². The third kappa shape index (κ3) is 16.7. The molecule has 2 aromatic rings. The first kappa shape index (κ1) is 53.7. The quantitative estimate of drug-likeness (QED) is 0.0997. The second kappa shape index (κ2) is 23.2. The first-order chi connectivity index (χ1) is 31.7. The predicted octanol–water partition coefficient (Wildman–Crippen LogP) is 2.23. The van der Waals surface area contributed by atoms with Crippen molar-refractivity contribution in [1.82, 2.24) is 30.2 Å². The number of ether oxygens (including phenoxy) is 6. The lowest BCUT2D eigenvalue weighted by atomic mass is 10.1. The second-order valence-corrected chi connectivity index (χ2v) is 18.2. The van der Waals surface area contributed by atoms with Gasteiger partial charge in [0, 0.05) is 38.8 Å². The summed E-state index contributed by atoms with van der Waals surface area (Å²) in [5, 5.41) is 4.94. The number of carbonyl (C=O) groups is 10. The van der Waals surface area contributed by atoms with Crippen LogP contribution in [0.3, 0.4) is 0 Å². The van der Waals surface area contributed by atoms with Crippen molar-refractivity contribution < 1.29 is 76.4 Å². The fraction of sp³-hybridized carbons (Fsp3) is 0.522. The molecule has 370 valence electrons. The van der Waals surface area contributed by atoms with E-state index < -0.39 is 109 Å². The minimum Gasteiger partial charge on any atom is -0.444 e. The van der Waals surface area contributed by atoms with Gasteiger partial charge >= 0.3 is 36.1 Å². The van der Waals surface area contributed by atoms with Gasteiger partial charge in [0.25, 0.3) is 0 Å². The van der Waals surface area contributed by atoms with Gasteiger partial charge in [-0.25, -0.2) is 29.0 Å². The zero-order valence-corrected chi connectivity index (χ0v) is 39.9. The summed E-state index contributed by atoms with van der Waals surface area (Å²) in [6, 6.07) is 8.62. The van der Waals surface area contributed by atoms with Crippen molar-refractivity contribution in [2.75, 3.05) is 39.6 Å². The molecule has 0 aromatic heterocycles. The zero-order valence-electron chi connectivity index (χ0n) is 39.9. The Balaban J connectivity index is 1.33. The lowest BCUT2D eigenvalue weighted by molar-refractivity contribution is -0.169. The lowest BCUT2D eigenvalue weighted by Crippen LogP contribution is -2.63. The van der Waals surface area contributed by atoms with Crippen molar-refractivity contribution in [2.24, 2.45) is 0 Å². The van der Waals surface area contributed by atoms with Crippen LogP contribution in [0.15, 0.2) is 48.5 Å². The number of amides is 6. The summed E-state index contributed by atoms with van der Waals surface area (Å²) in [5.41, 5.74) is -0.689. The van der Waals surface area contributed by atoms with Gasteiger partial charge in [0.2, 0.25) is 23.6 Å². The average molecular weight is 953 g/mol. The van der Waals surface area contributed by atoms with Gasteiger partial charge < -0.3 is 39.1 Å². The van der Waals surface area contributed by atoms with Gasteiger partial charge in [0.05, 0.1) is 26.2 Å². The normalized spacial score (nSPS) is 16.7. The molecule has 68 heavy (non-hydrogen) atoms. The van der Waals surface area contributed by atoms with Crippen LogP contribution in [-0.4, -0.2) is 154 Å².